The molecule has 0 saturated carbocycles. The van der Waals surface area contributed by atoms with Crippen LogP contribution in [0.5, 0.6) is 0 Å². The first kappa shape index (κ1) is 17.4. The summed E-state index contributed by atoms with van der Waals surface area (Å²) < 4.78 is 6.68. The largest absolute Gasteiger partial charge is 0.463 e. The maximum atomic E-state index is 12.0. The first-order valence-corrected chi connectivity index (χ1v) is 7.57. The number of ether oxygens (including phenoxy) is 1. The van der Waals surface area contributed by atoms with E-state index in [1.165, 1.54) is 0 Å². The van der Waals surface area contributed by atoms with E-state index in [2.05, 4.69) is 17.2 Å². The molecule has 1 aromatic rings. The average Bonchev–Trinajstić information content (AvgIpc) is 2.90. The predicted molar refractivity (Wildman–Crippen MR) is 79.7 cm³/mol. The molecule has 0 radical (unpaired) electrons. The highest BCUT2D eigenvalue weighted by Crippen LogP contribution is 2.08. The van der Waals surface area contributed by atoms with Crippen LogP contribution in [-0.4, -0.2) is 39.3 Å². The second-order valence-corrected chi connectivity index (χ2v) is 4.83. The summed E-state index contributed by atoms with van der Waals surface area (Å²) in [5.74, 6) is -0.298. The number of aliphatic hydroxyl groups excluding tert-OH is 1. The fraction of sp³-hybridized carbons (Fsp3) is 0.667. The van der Waals surface area contributed by atoms with Gasteiger partial charge in [-0.25, -0.2) is 9.48 Å². The Kier molecular flexibility index (Phi) is 8.35. The molecule has 0 aromatic carbocycles. The summed E-state index contributed by atoms with van der Waals surface area (Å²) in [5.41, 5.74) is 1.32. The molecular formula is C15H25N3O3. The predicted octanol–water partition coefficient (Wildman–Crippen LogP) is 1.88. The first-order chi connectivity index (χ1) is 10.2. The third-order valence-electron chi connectivity index (χ3n) is 3.02. The molecule has 6 heteroatoms. The summed E-state index contributed by atoms with van der Waals surface area (Å²) in [5, 5.41) is 16.8. The number of hydrogen-bond acceptors (Lipinski definition) is 5. The maximum Gasteiger partial charge on any atom is 0.335 e. The molecule has 0 amide bonds. The van der Waals surface area contributed by atoms with Crippen molar-refractivity contribution in [1.82, 2.24) is 15.0 Å². The van der Waals surface area contributed by atoms with Crippen LogP contribution in [0.1, 0.15) is 45.2 Å². The van der Waals surface area contributed by atoms with Gasteiger partial charge in [-0.15, -0.1) is 5.10 Å². The minimum absolute atomic E-state index is 0.0380. The highest BCUT2D eigenvalue weighted by molar-refractivity contribution is 5.88. The number of rotatable bonds is 10. The van der Waals surface area contributed by atoms with E-state index in [0.717, 1.165) is 25.7 Å². The number of aliphatic hydroxyl groups is 1. The summed E-state index contributed by atoms with van der Waals surface area (Å²) in [6, 6.07) is 0. The van der Waals surface area contributed by atoms with Gasteiger partial charge in [-0.05, 0) is 19.8 Å². The fourth-order valence-corrected chi connectivity index (χ4v) is 1.93. The van der Waals surface area contributed by atoms with Gasteiger partial charge in [0.15, 0.2) is 0 Å². The van der Waals surface area contributed by atoms with Gasteiger partial charge in [0.2, 0.25) is 0 Å². The normalized spacial score (nSPS) is 11.7. The molecule has 0 atom stereocenters. The van der Waals surface area contributed by atoms with Crippen LogP contribution in [0.4, 0.5) is 0 Å². The minimum atomic E-state index is -0.298. The maximum absolute atomic E-state index is 12.0. The Morgan fingerprint density at radius 3 is 2.90 bits per heavy atom. The van der Waals surface area contributed by atoms with Gasteiger partial charge < -0.3 is 9.84 Å². The van der Waals surface area contributed by atoms with E-state index in [9.17, 15) is 4.79 Å². The van der Waals surface area contributed by atoms with Crippen molar-refractivity contribution in [3.8, 4) is 0 Å². The van der Waals surface area contributed by atoms with Crippen molar-refractivity contribution in [2.75, 3.05) is 13.2 Å². The second-order valence-electron chi connectivity index (χ2n) is 4.83. The molecule has 0 unspecified atom stereocenters. The number of unbranched alkanes of at least 4 members (excludes halogenated alkanes) is 3. The Bertz CT molecular complexity index is 455. The van der Waals surface area contributed by atoms with Crippen LogP contribution in [0, 0.1) is 0 Å². The summed E-state index contributed by atoms with van der Waals surface area (Å²) in [4.78, 5) is 12.0. The van der Waals surface area contributed by atoms with E-state index < -0.39 is 0 Å². The molecule has 1 aromatic heterocycles. The summed E-state index contributed by atoms with van der Waals surface area (Å²) in [6.45, 7) is 4.69. The van der Waals surface area contributed by atoms with Gasteiger partial charge >= 0.3 is 5.97 Å². The number of hydrogen-bond donors (Lipinski definition) is 1. The van der Waals surface area contributed by atoms with Crippen molar-refractivity contribution in [3.63, 3.8) is 0 Å². The van der Waals surface area contributed by atoms with Crippen LogP contribution in [0.3, 0.4) is 0 Å². The van der Waals surface area contributed by atoms with Gasteiger partial charge in [0.05, 0.1) is 24.4 Å². The monoisotopic (exact) mass is 295 g/mol. The molecule has 0 spiro atoms. The van der Waals surface area contributed by atoms with Crippen LogP contribution < -0.4 is 0 Å². The van der Waals surface area contributed by atoms with Gasteiger partial charge in [0.25, 0.3) is 0 Å². The number of nitrogens with zero attached hydrogens (tertiary/aromatic N) is 3. The molecule has 118 valence electrons. The number of aromatic nitrogens is 3. The average molecular weight is 295 g/mol. The topological polar surface area (TPSA) is 77.2 Å². The van der Waals surface area contributed by atoms with Crippen molar-refractivity contribution >= 4 is 5.97 Å². The van der Waals surface area contributed by atoms with Gasteiger partial charge in [-0.2, -0.15) is 0 Å². The Morgan fingerprint density at radius 2 is 2.24 bits per heavy atom. The Hall–Kier alpha value is -1.69. The molecule has 0 fully saturated rings. The highest BCUT2D eigenvalue weighted by atomic mass is 16.5. The third-order valence-corrected chi connectivity index (χ3v) is 3.02. The number of carbonyl (C=O) groups excluding carboxylic acids is 1. The van der Waals surface area contributed by atoms with Crippen molar-refractivity contribution in [2.24, 2.45) is 0 Å². The Labute approximate surface area is 125 Å². The molecular weight excluding hydrogens is 270 g/mol. The summed E-state index contributed by atoms with van der Waals surface area (Å²) >= 11 is 0. The molecule has 1 heterocycles. The summed E-state index contributed by atoms with van der Waals surface area (Å²) in [7, 11) is 0. The zero-order valence-electron chi connectivity index (χ0n) is 12.9. The van der Waals surface area contributed by atoms with Crippen molar-refractivity contribution in [1.29, 1.82) is 0 Å². The molecule has 21 heavy (non-hydrogen) atoms. The van der Waals surface area contributed by atoms with Gasteiger partial charge in [-0.1, -0.05) is 31.1 Å². The van der Waals surface area contributed by atoms with Crippen LogP contribution >= 0.6 is 0 Å². The van der Waals surface area contributed by atoms with E-state index in [-0.39, 0.29) is 12.6 Å². The highest BCUT2D eigenvalue weighted by Gasteiger charge is 2.12. The molecule has 0 saturated heterocycles. The smallest absolute Gasteiger partial charge is 0.335 e. The van der Waals surface area contributed by atoms with E-state index in [4.69, 9.17) is 9.84 Å². The van der Waals surface area contributed by atoms with E-state index in [0.29, 0.717) is 30.8 Å². The van der Waals surface area contributed by atoms with E-state index >= 15 is 0 Å². The van der Waals surface area contributed by atoms with Crippen molar-refractivity contribution in [2.45, 2.75) is 52.5 Å². The number of allylic oxidation sites excluding steroid dienone is 1. The molecule has 0 bridgehead atoms. The lowest BCUT2D eigenvalue weighted by Gasteiger charge is -2.07. The Morgan fingerprint density at radius 1 is 1.43 bits per heavy atom. The van der Waals surface area contributed by atoms with Crippen molar-refractivity contribution < 1.29 is 14.6 Å². The van der Waals surface area contributed by atoms with Crippen LogP contribution in [-0.2, 0) is 22.5 Å². The molecule has 6 nitrogen and oxygen atoms in total. The molecule has 0 aliphatic carbocycles. The molecule has 0 aliphatic rings. The third kappa shape index (κ3) is 6.53. The lowest BCUT2D eigenvalue weighted by atomic mass is 10.1. The number of carbonyl (C=O) groups is 1. The summed E-state index contributed by atoms with van der Waals surface area (Å²) in [6.07, 6.45) is 8.37. The van der Waals surface area contributed by atoms with Gasteiger partial charge in [-0.3, -0.25) is 0 Å². The van der Waals surface area contributed by atoms with Gasteiger partial charge in [0, 0.05) is 19.2 Å². The van der Waals surface area contributed by atoms with Crippen LogP contribution in [0.2, 0.25) is 0 Å². The molecule has 1 N–H and O–H groups in total. The fourth-order valence-electron chi connectivity index (χ4n) is 1.93. The quantitative estimate of drug-likeness (QED) is 0.405. The Balaban J connectivity index is 2.68. The lowest BCUT2D eigenvalue weighted by molar-refractivity contribution is -0.138. The molecule has 0 aliphatic heterocycles. The van der Waals surface area contributed by atoms with Gasteiger partial charge in [0.1, 0.15) is 0 Å². The van der Waals surface area contributed by atoms with E-state index in [1.54, 1.807) is 17.8 Å². The van der Waals surface area contributed by atoms with E-state index in [1.807, 2.05) is 6.08 Å². The SMILES string of the molecule is CCCCC/C=C(\Cn1cc(CCO)nn1)C(=O)OCC. The zero-order valence-corrected chi connectivity index (χ0v) is 12.9. The first-order valence-electron chi connectivity index (χ1n) is 7.57. The number of esters is 1. The standard InChI is InChI=1S/C15H25N3O3/c1-3-5-6-7-8-13(15(20)21-4-2)11-18-12-14(9-10-19)16-17-18/h8,12,19H,3-7,9-11H2,1-2H3/b13-8+. The van der Waals surface area contributed by atoms with Crippen LogP contribution in [0.15, 0.2) is 17.8 Å². The minimum Gasteiger partial charge on any atom is -0.463 e. The lowest BCUT2D eigenvalue weighted by Crippen LogP contribution is -2.14. The second kappa shape index (κ2) is 10.1. The van der Waals surface area contributed by atoms with Crippen LogP contribution in [0.25, 0.3) is 0 Å². The zero-order chi connectivity index (χ0) is 15.5. The molecule has 1 rings (SSSR count). The van der Waals surface area contributed by atoms with Crippen molar-refractivity contribution in [3.05, 3.63) is 23.5 Å².